The van der Waals surface area contributed by atoms with Crippen molar-refractivity contribution in [1.29, 1.82) is 0 Å². The summed E-state index contributed by atoms with van der Waals surface area (Å²) >= 11 is 0. The molecule has 0 saturated heterocycles. The summed E-state index contributed by atoms with van der Waals surface area (Å²) in [5.74, 6) is 0.406. The number of hydrogen-bond acceptors (Lipinski definition) is 6. The standard InChI is InChI=1S/C12H9N6/c13-10-9(7-4-2-1-3-5-7)16-8-6-15-12(14)18-11(8)17-10/h1-5H,(H4,13,14,15,17,18). The molecule has 0 bridgehead atoms. The van der Waals surface area contributed by atoms with Crippen molar-refractivity contribution in [1.82, 2.24) is 19.9 Å². The maximum absolute atomic E-state index is 5.88. The molecule has 18 heavy (non-hydrogen) atoms. The lowest BCUT2D eigenvalue weighted by Crippen LogP contribution is -2.02. The first-order valence-corrected chi connectivity index (χ1v) is 5.28. The first-order chi connectivity index (χ1) is 8.74. The number of benzene rings is 1. The molecule has 0 fully saturated rings. The van der Waals surface area contributed by atoms with Gasteiger partial charge in [0, 0.05) is 5.56 Å². The van der Waals surface area contributed by atoms with Crippen molar-refractivity contribution in [3.63, 3.8) is 0 Å². The lowest BCUT2D eigenvalue weighted by atomic mass is 10.1. The minimum atomic E-state index is 0.101. The third kappa shape index (κ3) is 1.69. The molecule has 0 aliphatic rings. The van der Waals surface area contributed by atoms with Crippen LogP contribution < -0.4 is 11.5 Å². The highest BCUT2D eigenvalue weighted by molar-refractivity contribution is 5.79. The lowest BCUT2D eigenvalue weighted by Gasteiger charge is -2.05. The molecule has 0 amide bonds. The summed E-state index contributed by atoms with van der Waals surface area (Å²) in [5.41, 5.74) is 13.6. The Morgan fingerprint density at radius 2 is 1.72 bits per heavy atom. The monoisotopic (exact) mass is 237 g/mol. The van der Waals surface area contributed by atoms with Gasteiger partial charge in [0.25, 0.3) is 0 Å². The average Bonchev–Trinajstić information content (AvgIpc) is 2.39. The van der Waals surface area contributed by atoms with Crippen LogP contribution in [0.1, 0.15) is 0 Å². The van der Waals surface area contributed by atoms with Crippen LogP contribution in [0.3, 0.4) is 0 Å². The molecule has 3 rings (SSSR count). The van der Waals surface area contributed by atoms with Crippen molar-refractivity contribution >= 4 is 22.9 Å². The van der Waals surface area contributed by atoms with Crippen LogP contribution in [-0.4, -0.2) is 19.9 Å². The van der Waals surface area contributed by atoms with E-state index in [4.69, 9.17) is 11.5 Å². The fraction of sp³-hybridized carbons (Fsp3) is 0. The third-order valence-corrected chi connectivity index (χ3v) is 2.45. The molecule has 6 heteroatoms. The minimum Gasteiger partial charge on any atom is -0.382 e. The van der Waals surface area contributed by atoms with E-state index in [0.29, 0.717) is 22.7 Å². The summed E-state index contributed by atoms with van der Waals surface area (Å²) in [6.45, 7) is 0. The molecule has 3 aromatic rings. The van der Waals surface area contributed by atoms with Crippen molar-refractivity contribution in [3.05, 3.63) is 36.5 Å². The summed E-state index contributed by atoms with van der Waals surface area (Å²) in [7, 11) is 0. The summed E-state index contributed by atoms with van der Waals surface area (Å²) < 4.78 is 0. The highest BCUT2D eigenvalue weighted by Crippen LogP contribution is 2.23. The number of aromatic nitrogens is 4. The van der Waals surface area contributed by atoms with Crippen LogP contribution in [0.25, 0.3) is 22.4 Å². The number of nitrogens with zero attached hydrogens (tertiary/aromatic N) is 4. The molecule has 2 heterocycles. The highest BCUT2D eigenvalue weighted by Gasteiger charge is 2.09. The Morgan fingerprint density at radius 1 is 0.944 bits per heavy atom. The van der Waals surface area contributed by atoms with Gasteiger partial charge in [-0.25, -0.2) is 15.0 Å². The van der Waals surface area contributed by atoms with Crippen LogP contribution >= 0.6 is 0 Å². The van der Waals surface area contributed by atoms with Crippen LogP contribution in [0.5, 0.6) is 0 Å². The zero-order chi connectivity index (χ0) is 12.5. The molecular formula is C12H9N6. The molecule has 1 aromatic carbocycles. The van der Waals surface area contributed by atoms with E-state index in [1.165, 1.54) is 0 Å². The Bertz CT molecular complexity index is 710. The van der Waals surface area contributed by atoms with Gasteiger partial charge in [0.2, 0.25) is 5.95 Å². The molecule has 2 aromatic heterocycles. The van der Waals surface area contributed by atoms with Gasteiger partial charge in [-0.1, -0.05) is 30.3 Å². The van der Waals surface area contributed by atoms with E-state index in [1.54, 1.807) is 0 Å². The van der Waals surface area contributed by atoms with Gasteiger partial charge in [0.1, 0.15) is 17.4 Å². The quantitative estimate of drug-likeness (QED) is 0.655. The zero-order valence-electron chi connectivity index (χ0n) is 9.33. The first kappa shape index (κ1) is 10.4. The molecule has 0 aliphatic carbocycles. The fourth-order valence-corrected chi connectivity index (χ4v) is 1.64. The van der Waals surface area contributed by atoms with Crippen molar-refractivity contribution in [2.75, 3.05) is 11.5 Å². The molecular weight excluding hydrogens is 228 g/mol. The Balaban J connectivity index is 2.25. The number of rotatable bonds is 1. The van der Waals surface area contributed by atoms with Gasteiger partial charge in [-0.05, 0) is 0 Å². The Morgan fingerprint density at radius 3 is 2.50 bits per heavy atom. The molecule has 4 N–H and O–H groups in total. The second kappa shape index (κ2) is 3.92. The summed E-state index contributed by atoms with van der Waals surface area (Å²) in [5, 5.41) is 0. The maximum atomic E-state index is 5.88. The molecule has 1 radical (unpaired) electrons. The number of anilines is 2. The largest absolute Gasteiger partial charge is 0.382 e. The normalized spacial score (nSPS) is 10.7. The fourth-order valence-electron chi connectivity index (χ4n) is 1.64. The summed E-state index contributed by atoms with van der Waals surface area (Å²) in [6, 6.07) is 9.55. The van der Waals surface area contributed by atoms with Gasteiger partial charge in [0.05, 0.1) is 0 Å². The van der Waals surface area contributed by atoms with Crippen LogP contribution in [0.2, 0.25) is 0 Å². The molecule has 87 valence electrons. The van der Waals surface area contributed by atoms with Gasteiger partial charge in [-0.2, -0.15) is 4.98 Å². The zero-order valence-corrected chi connectivity index (χ0v) is 9.33. The summed E-state index contributed by atoms with van der Waals surface area (Å²) in [4.78, 5) is 16.3. The van der Waals surface area contributed by atoms with E-state index >= 15 is 0 Å². The lowest BCUT2D eigenvalue weighted by molar-refractivity contribution is 1.16. The topological polar surface area (TPSA) is 104 Å². The number of nitrogen functional groups attached to an aromatic ring is 2. The van der Waals surface area contributed by atoms with E-state index in [0.717, 1.165) is 5.56 Å². The number of hydrogen-bond donors (Lipinski definition) is 2. The Kier molecular flexibility index (Phi) is 2.26. The van der Waals surface area contributed by atoms with Gasteiger partial charge in [-0.3, -0.25) is 0 Å². The minimum absolute atomic E-state index is 0.101. The molecule has 0 unspecified atom stereocenters. The van der Waals surface area contributed by atoms with Crippen LogP contribution in [0.4, 0.5) is 11.8 Å². The number of fused-ring (bicyclic) bond motifs is 1. The molecule has 6 nitrogen and oxygen atoms in total. The number of nitrogens with two attached hydrogens (primary N) is 2. The van der Waals surface area contributed by atoms with Crippen LogP contribution in [0, 0.1) is 6.20 Å². The van der Waals surface area contributed by atoms with E-state index in [-0.39, 0.29) is 5.95 Å². The van der Waals surface area contributed by atoms with E-state index in [9.17, 15) is 0 Å². The average molecular weight is 237 g/mol. The second-order valence-corrected chi connectivity index (χ2v) is 3.69. The van der Waals surface area contributed by atoms with Gasteiger partial charge >= 0.3 is 0 Å². The van der Waals surface area contributed by atoms with Crippen LogP contribution in [0.15, 0.2) is 30.3 Å². The van der Waals surface area contributed by atoms with Crippen molar-refractivity contribution in [2.24, 2.45) is 0 Å². The van der Waals surface area contributed by atoms with E-state index in [2.05, 4.69) is 26.1 Å². The van der Waals surface area contributed by atoms with Crippen molar-refractivity contribution in [3.8, 4) is 11.3 Å². The second-order valence-electron chi connectivity index (χ2n) is 3.69. The van der Waals surface area contributed by atoms with Gasteiger partial charge in [0.15, 0.2) is 11.5 Å². The van der Waals surface area contributed by atoms with Crippen molar-refractivity contribution in [2.45, 2.75) is 0 Å². The molecule has 0 spiro atoms. The van der Waals surface area contributed by atoms with Gasteiger partial charge in [-0.15, -0.1) is 0 Å². The molecule has 0 aliphatic heterocycles. The SMILES string of the molecule is Nc1n[c]c2nc(-c3ccccc3)c(N)nc2n1. The van der Waals surface area contributed by atoms with Gasteiger partial charge < -0.3 is 11.5 Å². The predicted molar refractivity (Wildman–Crippen MR) is 68.2 cm³/mol. The van der Waals surface area contributed by atoms with Crippen molar-refractivity contribution < 1.29 is 0 Å². The highest BCUT2D eigenvalue weighted by atomic mass is 15.1. The molecule has 0 atom stereocenters. The Hall–Kier alpha value is -2.76. The smallest absolute Gasteiger partial charge is 0.222 e. The van der Waals surface area contributed by atoms with E-state index < -0.39 is 0 Å². The molecule has 0 saturated carbocycles. The van der Waals surface area contributed by atoms with E-state index in [1.807, 2.05) is 30.3 Å². The Labute approximate surface area is 103 Å². The maximum Gasteiger partial charge on any atom is 0.222 e. The third-order valence-electron chi connectivity index (χ3n) is 2.45. The predicted octanol–water partition coefficient (Wildman–Crippen LogP) is 1.05. The summed E-state index contributed by atoms with van der Waals surface area (Å²) in [6.07, 6.45) is 2.69. The first-order valence-electron chi connectivity index (χ1n) is 5.28. The van der Waals surface area contributed by atoms with Crippen LogP contribution in [-0.2, 0) is 0 Å².